The second-order valence-corrected chi connectivity index (χ2v) is 7.41. The standard InChI is InChI=1S/C22H24N8O/c1-6-31-20-15(9-12(2)16(10-23)19(20)17-7-8-27-29(17)5)14(4)30-22-18(13(3)28-30)21(24)25-11-26-22/h7-9,11,14H,6H2,1-5H3,(H2,24,25,26). The third-order valence-corrected chi connectivity index (χ3v) is 5.49. The number of ether oxygens (including phenoxy) is 1. The first-order valence-corrected chi connectivity index (χ1v) is 10.0. The predicted molar refractivity (Wildman–Crippen MR) is 118 cm³/mol. The average Bonchev–Trinajstić information content (AvgIpc) is 3.32. The lowest BCUT2D eigenvalue weighted by Crippen LogP contribution is -2.14. The van der Waals surface area contributed by atoms with Crippen LogP contribution in [0.5, 0.6) is 5.75 Å². The van der Waals surface area contributed by atoms with E-state index in [0.717, 1.165) is 33.5 Å². The van der Waals surface area contributed by atoms with Gasteiger partial charge in [0.25, 0.3) is 0 Å². The van der Waals surface area contributed by atoms with Crippen molar-refractivity contribution in [3.8, 4) is 23.1 Å². The molecular formula is C22H24N8O. The summed E-state index contributed by atoms with van der Waals surface area (Å²) >= 11 is 0. The van der Waals surface area contributed by atoms with E-state index in [0.29, 0.717) is 29.4 Å². The maximum absolute atomic E-state index is 9.92. The Balaban J connectivity index is 2.02. The van der Waals surface area contributed by atoms with Gasteiger partial charge in [0.2, 0.25) is 0 Å². The van der Waals surface area contributed by atoms with E-state index in [4.69, 9.17) is 15.6 Å². The van der Waals surface area contributed by atoms with E-state index in [9.17, 15) is 5.26 Å². The number of nitrogens with two attached hydrogens (primary N) is 1. The molecule has 0 saturated carbocycles. The fourth-order valence-electron chi connectivity index (χ4n) is 4.01. The summed E-state index contributed by atoms with van der Waals surface area (Å²) < 4.78 is 9.72. The van der Waals surface area contributed by atoms with E-state index in [1.165, 1.54) is 6.33 Å². The second kappa shape index (κ2) is 7.72. The highest BCUT2D eigenvalue weighted by Crippen LogP contribution is 2.42. The van der Waals surface area contributed by atoms with Gasteiger partial charge >= 0.3 is 0 Å². The lowest BCUT2D eigenvalue weighted by Gasteiger charge is -2.22. The van der Waals surface area contributed by atoms with Gasteiger partial charge in [-0.25, -0.2) is 14.6 Å². The van der Waals surface area contributed by atoms with Gasteiger partial charge in [0.1, 0.15) is 24.0 Å². The van der Waals surface area contributed by atoms with Crippen molar-refractivity contribution in [3.63, 3.8) is 0 Å². The Morgan fingerprint density at radius 1 is 1.29 bits per heavy atom. The Bertz CT molecular complexity index is 1330. The van der Waals surface area contributed by atoms with Gasteiger partial charge in [-0.2, -0.15) is 15.5 Å². The number of nitrogen functional groups attached to an aromatic ring is 1. The van der Waals surface area contributed by atoms with Gasteiger partial charge in [0, 0.05) is 18.8 Å². The van der Waals surface area contributed by atoms with E-state index < -0.39 is 0 Å². The van der Waals surface area contributed by atoms with Crippen molar-refractivity contribution in [2.75, 3.05) is 12.3 Å². The molecule has 0 aliphatic rings. The van der Waals surface area contributed by atoms with Gasteiger partial charge in [-0.1, -0.05) is 0 Å². The van der Waals surface area contributed by atoms with E-state index in [1.54, 1.807) is 10.9 Å². The van der Waals surface area contributed by atoms with Crippen molar-refractivity contribution in [1.29, 1.82) is 5.26 Å². The molecule has 1 unspecified atom stereocenters. The Kier molecular flexibility index (Phi) is 5.07. The number of benzene rings is 1. The summed E-state index contributed by atoms with van der Waals surface area (Å²) in [6.45, 7) is 8.22. The summed E-state index contributed by atoms with van der Waals surface area (Å²) in [6, 6.07) is 5.98. The molecule has 158 valence electrons. The van der Waals surface area contributed by atoms with E-state index in [1.807, 2.05) is 51.6 Å². The van der Waals surface area contributed by atoms with Crippen LogP contribution >= 0.6 is 0 Å². The van der Waals surface area contributed by atoms with Crippen molar-refractivity contribution >= 4 is 16.9 Å². The Labute approximate surface area is 180 Å². The molecule has 0 fully saturated rings. The van der Waals surface area contributed by atoms with Crippen LogP contribution in [-0.2, 0) is 7.05 Å². The van der Waals surface area contributed by atoms with Gasteiger partial charge in [-0.3, -0.25) is 4.68 Å². The number of aromatic nitrogens is 6. The SMILES string of the molecule is CCOc1c(C(C)n2nc(C)c3c(N)ncnc32)cc(C)c(C#N)c1-c1ccnn1C. The highest BCUT2D eigenvalue weighted by molar-refractivity contribution is 5.88. The molecule has 9 nitrogen and oxygen atoms in total. The second-order valence-electron chi connectivity index (χ2n) is 7.41. The van der Waals surface area contributed by atoms with Crippen LogP contribution in [0.4, 0.5) is 5.82 Å². The number of fused-ring (bicyclic) bond motifs is 1. The molecule has 1 aromatic carbocycles. The van der Waals surface area contributed by atoms with Crippen LogP contribution in [0.2, 0.25) is 0 Å². The number of rotatable bonds is 5. The number of hydrogen-bond acceptors (Lipinski definition) is 7. The van der Waals surface area contributed by atoms with Crippen LogP contribution in [-0.4, -0.2) is 36.1 Å². The van der Waals surface area contributed by atoms with Gasteiger partial charge < -0.3 is 10.5 Å². The van der Waals surface area contributed by atoms with Crippen molar-refractivity contribution in [2.24, 2.45) is 7.05 Å². The first-order chi connectivity index (χ1) is 14.9. The van der Waals surface area contributed by atoms with Gasteiger partial charge in [0.15, 0.2) is 5.65 Å². The smallest absolute Gasteiger partial charge is 0.164 e. The molecule has 0 saturated heterocycles. The molecule has 0 aliphatic heterocycles. The third-order valence-electron chi connectivity index (χ3n) is 5.49. The summed E-state index contributed by atoms with van der Waals surface area (Å²) in [5.74, 6) is 1.04. The fourth-order valence-corrected chi connectivity index (χ4v) is 4.01. The van der Waals surface area contributed by atoms with Crippen molar-refractivity contribution < 1.29 is 4.74 Å². The molecule has 3 heterocycles. The molecule has 0 aliphatic carbocycles. The number of aryl methyl sites for hydroxylation is 3. The monoisotopic (exact) mass is 416 g/mol. The Hall–Kier alpha value is -3.93. The van der Waals surface area contributed by atoms with Crippen molar-refractivity contribution in [2.45, 2.75) is 33.7 Å². The van der Waals surface area contributed by atoms with E-state index in [2.05, 4.69) is 21.1 Å². The van der Waals surface area contributed by atoms with Crippen LogP contribution in [0.25, 0.3) is 22.3 Å². The normalized spacial score (nSPS) is 12.1. The molecule has 0 amide bonds. The predicted octanol–water partition coefficient (Wildman–Crippen LogP) is 3.31. The molecule has 0 radical (unpaired) electrons. The van der Waals surface area contributed by atoms with Gasteiger partial charge in [-0.05, 0) is 45.4 Å². The maximum atomic E-state index is 9.92. The molecular weight excluding hydrogens is 392 g/mol. The highest BCUT2D eigenvalue weighted by Gasteiger charge is 2.26. The fraction of sp³-hybridized carbons (Fsp3) is 0.318. The first kappa shape index (κ1) is 20.3. The summed E-state index contributed by atoms with van der Waals surface area (Å²) in [5, 5.41) is 19.7. The molecule has 0 bridgehead atoms. The van der Waals surface area contributed by atoms with Crippen LogP contribution in [0.3, 0.4) is 0 Å². The topological polar surface area (TPSA) is 120 Å². The minimum absolute atomic E-state index is 0.231. The molecule has 0 spiro atoms. The van der Waals surface area contributed by atoms with Crippen LogP contribution < -0.4 is 10.5 Å². The quantitative estimate of drug-likeness (QED) is 0.530. The Morgan fingerprint density at radius 3 is 2.71 bits per heavy atom. The zero-order valence-electron chi connectivity index (χ0n) is 18.2. The molecule has 4 aromatic rings. The molecule has 31 heavy (non-hydrogen) atoms. The lowest BCUT2D eigenvalue weighted by atomic mass is 9.92. The molecule has 1 atom stereocenters. The molecule has 4 rings (SSSR count). The summed E-state index contributed by atoms with van der Waals surface area (Å²) in [6.07, 6.45) is 3.15. The minimum Gasteiger partial charge on any atom is -0.493 e. The molecule has 9 heteroatoms. The molecule has 2 N–H and O–H groups in total. The van der Waals surface area contributed by atoms with E-state index >= 15 is 0 Å². The van der Waals surface area contributed by atoms with Crippen molar-refractivity contribution in [3.05, 3.63) is 47.0 Å². The zero-order valence-corrected chi connectivity index (χ0v) is 18.2. The number of anilines is 1. The lowest BCUT2D eigenvalue weighted by molar-refractivity contribution is 0.333. The van der Waals surface area contributed by atoms with Gasteiger partial charge in [0.05, 0.1) is 40.5 Å². The number of nitrogens with zero attached hydrogens (tertiary/aromatic N) is 7. The largest absolute Gasteiger partial charge is 0.493 e. The van der Waals surface area contributed by atoms with E-state index in [-0.39, 0.29) is 6.04 Å². The van der Waals surface area contributed by atoms with Crippen molar-refractivity contribution in [1.82, 2.24) is 29.5 Å². The Morgan fingerprint density at radius 2 is 2.06 bits per heavy atom. The zero-order chi connectivity index (χ0) is 22.3. The summed E-state index contributed by atoms with van der Waals surface area (Å²) in [7, 11) is 1.85. The molecule has 3 aromatic heterocycles. The number of nitriles is 1. The minimum atomic E-state index is -0.231. The average molecular weight is 416 g/mol. The first-order valence-electron chi connectivity index (χ1n) is 10.0. The van der Waals surface area contributed by atoms with Crippen LogP contribution in [0, 0.1) is 25.2 Å². The van der Waals surface area contributed by atoms with Crippen LogP contribution in [0.15, 0.2) is 24.7 Å². The summed E-state index contributed by atoms with van der Waals surface area (Å²) in [5.41, 5.74) is 11.4. The van der Waals surface area contributed by atoms with Crippen LogP contribution in [0.1, 0.15) is 42.3 Å². The maximum Gasteiger partial charge on any atom is 0.164 e. The van der Waals surface area contributed by atoms with Gasteiger partial charge in [-0.15, -0.1) is 0 Å². The highest BCUT2D eigenvalue weighted by atomic mass is 16.5. The third kappa shape index (κ3) is 3.17. The summed E-state index contributed by atoms with van der Waals surface area (Å²) in [4.78, 5) is 8.53. The number of hydrogen-bond donors (Lipinski definition) is 1.